The number of nitrogens with zero attached hydrogens (tertiary/aromatic N) is 3. The van der Waals surface area contributed by atoms with E-state index in [1.54, 1.807) is 44.5 Å². The summed E-state index contributed by atoms with van der Waals surface area (Å²) in [5.41, 5.74) is 2.69. The number of rotatable bonds is 4. The molecule has 1 aliphatic heterocycles. The topological polar surface area (TPSA) is 63.5 Å². The fourth-order valence-corrected chi connectivity index (χ4v) is 2.52. The van der Waals surface area contributed by atoms with Crippen molar-refractivity contribution >= 4 is 23.5 Å². The van der Waals surface area contributed by atoms with Crippen LogP contribution in [-0.2, 0) is 4.79 Å². The first-order valence-electron chi connectivity index (χ1n) is 7.36. The van der Waals surface area contributed by atoms with E-state index in [0.29, 0.717) is 17.2 Å². The number of hydrogen-bond donors (Lipinski definition) is 0. The lowest BCUT2D eigenvalue weighted by Crippen LogP contribution is -2.25. The first-order valence-corrected chi connectivity index (χ1v) is 7.36. The number of likely N-dealkylation sites (N-methyl/N-ethyl adjacent to an activating group) is 1. The van der Waals surface area contributed by atoms with E-state index in [-0.39, 0.29) is 5.91 Å². The number of ether oxygens (including phenoxy) is 2. The van der Waals surface area contributed by atoms with Crippen molar-refractivity contribution in [3.8, 4) is 11.5 Å². The number of carbonyl (C=O) groups excluding carboxylic acids is 1. The molecule has 0 fully saturated rings. The van der Waals surface area contributed by atoms with Crippen LogP contribution in [0.1, 0.15) is 11.1 Å². The lowest BCUT2D eigenvalue weighted by molar-refractivity contribution is -0.111. The Kier molecular flexibility index (Phi) is 4.29. The van der Waals surface area contributed by atoms with Crippen LogP contribution in [0.4, 0.5) is 5.69 Å². The Morgan fingerprint density at radius 3 is 2.62 bits per heavy atom. The minimum absolute atomic E-state index is 0.171. The summed E-state index contributed by atoms with van der Waals surface area (Å²) in [5, 5.41) is 8.18. The molecule has 0 atom stereocenters. The fraction of sp³-hybridized carbons (Fsp3) is 0.167. The van der Waals surface area contributed by atoms with Gasteiger partial charge in [0.15, 0.2) is 5.71 Å². The molecule has 1 aliphatic rings. The number of benzene rings is 2. The number of amides is 1. The van der Waals surface area contributed by atoms with Gasteiger partial charge in [-0.2, -0.15) is 5.10 Å². The molecule has 2 aromatic carbocycles. The van der Waals surface area contributed by atoms with Crippen molar-refractivity contribution in [1.82, 2.24) is 0 Å². The maximum Gasteiger partial charge on any atom is 0.279 e. The predicted molar refractivity (Wildman–Crippen MR) is 93.5 cm³/mol. The molecule has 2 aromatic rings. The molecule has 0 radical (unpaired) electrons. The molecule has 3 rings (SSSR count). The number of hydrogen-bond acceptors (Lipinski definition) is 5. The quantitative estimate of drug-likeness (QED) is 0.641. The molecule has 0 saturated heterocycles. The molecule has 24 heavy (non-hydrogen) atoms. The number of anilines is 1. The Hall–Kier alpha value is -3.15. The highest BCUT2D eigenvalue weighted by molar-refractivity contribution is 6.54. The normalized spacial score (nSPS) is 15.2. The summed E-state index contributed by atoms with van der Waals surface area (Å²) in [5.74, 6) is 1.14. The van der Waals surface area contributed by atoms with Crippen molar-refractivity contribution in [2.24, 2.45) is 10.2 Å². The average molecular weight is 323 g/mol. The minimum Gasteiger partial charge on any atom is -0.497 e. The van der Waals surface area contributed by atoms with E-state index in [1.807, 2.05) is 30.3 Å². The summed E-state index contributed by atoms with van der Waals surface area (Å²) >= 11 is 0. The lowest BCUT2D eigenvalue weighted by Gasteiger charge is -2.07. The number of carbonyl (C=O) groups is 1. The van der Waals surface area contributed by atoms with E-state index in [0.717, 1.165) is 16.8 Å². The van der Waals surface area contributed by atoms with Gasteiger partial charge in [0.1, 0.15) is 11.5 Å². The zero-order valence-electron chi connectivity index (χ0n) is 13.7. The standard InChI is InChI=1S/C18H17N3O3/c1-21-15-7-5-4-6-14(15)17(18(21)22)20-19-11-12-8-9-13(23-2)10-16(12)24-3/h4-11H,1-3H3/b19-11-,20-17-. The fourth-order valence-electron chi connectivity index (χ4n) is 2.52. The number of fused-ring (bicyclic) bond motifs is 1. The Balaban J connectivity index is 1.91. The molecule has 0 bridgehead atoms. The lowest BCUT2D eigenvalue weighted by atomic mass is 10.1. The van der Waals surface area contributed by atoms with Crippen LogP contribution in [0.25, 0.3) is 0 Å². The zero-order valence-corrected chi connectivity index (χ0v) is 13.7. The SMILES string of the molecule is COc1ccc(/C=N\N=C2/C(=O)N(C)c3ccccc32)c(OC)c1. The van der Waals surface area contributed by atoms with Crippen LogP contribution in [-0.4, -0.2) is 39.1 Å². The van der Waals surface area contributed by atoms with Crippen LogP contribution >= 0.6 is 0 Å². The van der Waals surface area contributed by atoms with Gasteiger partial charge in [-0.1, -0.05) is 18.2 Å². The smallest absolute Gasteiger partial charge is 0.279 e. The van der Waals surface area contributed by atoms with Gasteiger partial charge in [-0.3, -0.25) is 4.79 Å². The van der Waals surface area contributed by atoms with Gasteiger partial charge in [-0.05, 0) is 18.2 Å². The minimum atomic E-state index is -0.171. The number of methoxy groups -OCH3 is 2. The van der Waals surface area contributed by atoms with Crippen LogP contribution in [0.2, 0.25) is 0 Å². The van der Waals surface area contributed by atoms with E-state index in [1.165, 1.54) is 0 Å². The Morgan fingerprint density at radius 1 is 1.08 bits per heavy atom. The van der Waals surface area contributed by atoms with Crippen molar-refractivity contribution in [3.63, 3.8) is 0 Å². The van der Waals surface area contributed by atoms with E-state index in [4.69, 9.17) is 9.47 Å². The summed E-state index contributed by atoms with van der Waals surface area (Å²) < 4.78 is 10.5. The summed E-state index contributed by atoms with van der Waals surface area (Å²) in [6, 6.07) is 12.9. The van der Waals surface area contributed by atoms with Gasteiger partial charge in [0, 0.05) is 24.2 Å². The molecule has 0 aromatic heterocycles. The highest BCUT2D eigenvalue weighted by atomic mass is 16.5. The first-order chi connectivity index (χ1) is 11.7. The van der Waals surface area contributed by atoms with Gasteiger partial charge in [-0.25, -0.2) is 0 Å². The van der Waals surface area contributed by atoms with Gasteiger partial charge in [0.25, 0.3) is 5.91 Å². The van der Waals surface area contributed by atoms with Crippen molar-refractivity contribution in [1.29, 1.82) is 0 Å². The van der Waals surface area contributed by atoms with Gasteiger partial charge < -0.3 is 14.4 Å². The van der Waals surface area contributed by atoms with Gasteiger partial charge in [-0.15, -0.1) is 5.10 Å². The first kappa shape index (κ1) is 15.7. The Bertz CT molecular complexity index is 843. The van der Waals surface area contributed by atoms with Gasteiger partial charge >= 0.3 is 0 Å². The van der Waals surface area contributed by atoms with Crippen molar-refractivity contribution in [2.75, 3.05) is 26.2 Å². The highest BCUT2D eigenvalue weighted by Gasteiger charge is 2.30. The van der Waals surface area contributed by atoms with E-state index in [2.05, 4.69) is 10.2 Å². The Labute approximate surface area is 140 Å². The largest absolute Gasteiger partial charge is 0.497 e. The summed E-state index contributed by atoms with van der Waals surface area (Å²) in [6.45, 7) is 0. The van der Waals surface area contributed by atoms with Crippen molar-refractivity contribution < 1.29 is 14.3 Å². The van der Waals surface area contributed by atoms with Crippen molar-refractivity contribution in [3.05, 3.63) is 53.6 Å². The highest BCUT2D eigenvalue weighted by Crippen LogP contribution is 2.28. The van der Waals surface area contributed by atoms with E-state index < -0.39 is 0 Å². The molecule has 1 heterocycles. The summed E-state index contributed by atoms with van der Waals surface area (Å²) in [4.78, 5) is 13.9. The second kappa shape index (κ2) is 6.54. The van der Waals surface area contributed by atoms with Gasteiger partial charge in [0.2, 0.25) is 0 Å². The van der Waals surface area contributed by atoms with Crippen LogP contribution in [0.5, 0.6) is 11.5 Å². The molecule has 0 saturated carbocycles. The molecule has 0 spiro atoms. The monoisotopic (exact) mass is 323 g/mol. The van der Waals surface area contributed by atoms with E-state index in [9.17, 15) is 4.79 Å². The molecule has 0 N–H and O–H groups in total. The third kappa shape index (κ3) is 2.74. The third-order valence-electron chi connectivity index (χ3n) is 3.82. The second-order valence-corrected chi connectivity index (χ2v) is 5.18. The van der Waals surface area contributed by atoms with Crippen LogP contribution in [0.3, 0.4) is 0 Å². The van der Waals surface area contributed by atoms with Crippen molar-refractivity contribution in [2.45, 2.75) is 0 Å². The molecular formula is C18H17N3O3. The molecule has 0 unspecified atom stereocenters. The van der Waals surface area contributed by atoms with E-state index >= 15 is 0 Å². The summed E-state index contributed by atoms with van der Waals surface area (Å²) in [7, 11) is 4.89. The molecule has 0 aliphatic carbocycles. The molecule has 6 nitrogen and oxygen atoms in total. The van der Waals surface area contributed by atoms with Crippen LogP contribution in [0.15, 0.2) is 52.7 Å². The predicted octanol–water partition coefficient (Wildman–Crippen LogP) is 2.50. The average Bonchev–Trinajstić information content (AvgIpc) is 2.87. The van der Waals surface area contributed by atoms with Crippen LogP contribution < -0.4 is 14.4 Å². The third-order valence-corrected chi connectivity index (χ3v) is 3.82. The second-order valence-electron chi connectivity index (χ2n) is 5.18. The maximum atomic E-state index is 12.3. The molecular weight excluding hydrogens is 306 g/mol. The summed E-state index contributed by atoms with van der Waals surface area (Å²) in [6.07, 6.45) is 1.56. The number of para-hydroxylation sites is 1. The Morgan fingerprint density at radius 2 is 1.88 bits per heavy atom. The molecule has 122 valence electrons. The molecule has 6 heteroatoms. The maximum absolute atomic E-state index is 12.3. The van der Waals surface area contributed by atoms with Crippen LogP contribution in [0, 0.1) is 0 Å². The van der Waals surface area contributed by atoms with Gasteiger partial charge in [0.05, 0.1) is 26.1 Å². The molecule has 1 amide bonds. The zero-order chi connectivity index (χ0) is 17.1.